The number of unbranched alkanes of at least 4 members (excludes halogenated alkanes) is 20. The molecule has 0 aromatic rings. The van der Waals surface area contributed by atoms with E-state index in [0.717, 1.165) is 51.4 Å². The monoisotopic (exact) mass is 730 g/mol. The van der Waals surface area contributed by atoms with Crippen LogP contribution in [0.4, 0.5) is 0 Å². The first-order chi connectivity index (χ1) is 24.6. The van der Waals surface area contributed by atoms with Crippen molar-refractivity contribution in [2.45, 2.75) is 223 Å². The standard InChI is InChI=1S/C40H75NO10/c1-3-5-7-9-11-13-15-16-17-19-20-22-24-26-28-32(42)31(30-50-40-36(46)34(44)35(45)37(51-40)39(48)49)41-38(47)33(43)29-27-25-23-21-18-14-12-10-8-6-4-2/h11,13,31-37,40,42-46H,3-10,12,14-30H2,1-2H3,(H,41,47)(H,48,49)/b13-11+/t31?,32?,33-,34-,35-,36+,37-,40-/m0/s1. The van der Waals surface area contributed by atoms with E-state index in [9.17, 15) is 40.2 Å². The molecule has 300 valence electrons. The minimum absolute atomic E-state index is 0.288. The predicted octanol–water partition coefficient (Wildman–Crippen LogP) is 6.45. The van der Waals surface area contributed by atoms with E-state index in [4.69, 9.17) is 9.47 Å². The van der Waals surface area contributed by atoms with Crippen LogP contribution in [0.25, 0.3) is 0 Å². The molecule has 0 saturated carbocycles. The Bertz CT molecular complexity index is 889. The maximum Gasteiger partial charge on any atom is 0.335 e. The van der Waals surface area contributed by atoms with Gasteiger partial charge in [0.15, 0.2) is 12.4 Å². The highest BCUT2D eigenvalue weighted by molar-refractivity contribution is 5.80. The average Bonchev–Trinajstić information content (AvgIpc) is 3.11. The number of aliphatic hydroxyl groups is 5. The lowest BCUT2D eigenvalue weighted by Crippen LogP contribution is -2.61. The molecule has 11 nitrogen and oxygen atoms in total. The number of nitrogens with one attached hydrogen (secondary N) is 1. The van der Waals surface area contributed by atoms with Crippen LogP contribution in [-0.2, 0) is 19.1 Å². The number of carbonyl (C=O) groups is 2. The topological polar surface area (TPSA) is 186 Å². The molecular weight excluding hydrogens is 654 g/mol. The summed E-state index contributed by atoms with van der Waals surface area (Å²) < 4.78 is 10.8. The number of allylic oxidation sites excluding steroid dienone is 2. The highest BCUT2D eigenvalue weighted by atomic mass is 16.7. The molecule has 1 fully saturated rings. The minimum atomic E-state index is -1.86. The lowest BCUT2D eigenvalue weighted by molar-refractivity contribution is -0.295. The minimum Gasteiger partial charge on any atom is -0.479 e. The molecule has 0 aromatic carbocycles. The van der Waals surface area contributed by atoms with Crippen molar-refractivity contribution in [3.63, 3.8) is 0 Å². The zero-order valence-electron chi connectivity index (χ0n) is 32.0. The van der Waals surface area contributed by atoms with Gasteiger partial charge < -0.3 is 45.4 Å². The summed E-state index contributed by atoms with van der Waals surface area (Å²) in [6.45, 7) is 4.06. The fourth-order valence-electron chi connectivity index (χ4n) is 6.50. The number of amides is 1. The van der Waals surface area contributed by atoms with Crippen LogP contribution in [0.3, 0.4) is 0 Å². The summed E-state index contributed by atoms with van der Waals surface area (Å²) >= 11 is 0. The van der Waals surface area contributed by atoms with E-state index in [2.05, 4.69) is 31.3 Å². The fraction of sp³-hybridized carbons (Fsp3) is 0.900. The third-order valence-electron chi connectivity index (χ3n) is 9.94. The van der Waals surface area contributed by atoms with Crippen LogP contribution in [-0.4, -0.2) is 98.1 Å². The summed E-state index contributed by atoms with van der Waals surface area (Å²) in [4.78, 5) is 24.5. The van der Waals surface area contributed by atoms with E-state index < -0.39 is 60.8 Å². The SMILES string of the molecule is CCCCC/C=C/CCCCCCCCCC(O)C(CO[C@H]1O[C@H](C(=O)O)[C@@H](O)[C@H](O)[C@H]1O)NC(=O)[C@@H](O)CCCCCCCCCCCCC. The van der Waals surface area contributed by atoms with Gasteiger partial charge in [-0.15, -0.1) is 0 Å². The molecule has 8 atom stereocenters. The van der Waals surface area contributed by atoms with Crippen molar-refractivity contribution in [1.29, 1.82) is 0 Å². The van der Waals surface area contributed by atoms with E-state index in [0.29, 0.717) is 19.3 Å². The van der Waals surface area contributed by atoms with Crippen LogP contribution in [0.5, 0.6) is 0 Å². The van der Waals surface area contributed by atoms with Crippen molar-refractivity contribution < 1.29 is 49.7 Å². The van der Waals surface area contributed by atoms with E-state index in [1.54, 1.807) is 0 Å². The Balaban J connectivity index is 2.52. The molecule has 1 saturated heterocycles. The number of hydrogen-bond acceptors (Lipinski definition) is 9. The summed E-state index contributed by atoms with van der Waals surface area (Å²) in [6.07, 6.45) is 20.2. The lowest BCUT2D eigenvalue weighted by Gasteiger charge is -2.39. The highest BCUT2D eigenvalue weighted by Gasteiger charge is 2.47. The fourth-order valence-corrected chi connectivity index (χ4v) is 6.50. The van der Waals surface area contributed by atoms with E-state index in [1.165, 1.54) is 83.5 Å². The van der Waals surface area contributed by atoms with Crippen molar-refractivity contribution in [2.75, 3.05) is 6.61 Å². The van der Waals surface area contributed by atoms with Gasteiger partial charge in [-0.1, -0.05) is 148 Å². The molecule has 0 bridgehead atoms. The number of rotatable bonds is 33. The van der Waals surface area contributed by atoms with Crippen molar-refractivity contribution in [1.82, 2.24) is 5.32 Å². The normalized spacial score (nSPS) is 22.6. The second-order valence-electron chi connectivity index (χ2n) is 14.6. The highest BCUT2D eigenvalue weighted by Crippen LogP contribution is 2.23. The summed E-state index contributed by atoms with van der Waals surface area (Å²) in [5.41, 5.74) is 0. The van der Waals surface area contributed by atoms with Gasteiger partial charge in [-0.25, -0.2) is 4.79 Å². The van der Waals surface area contributed by atoms with Crippen LogP contribution in [0.1, 0.15) is 174 Å². The van der Waals surface area contributed by atoms with Gasteiger partial charge in [-0.3, -0.25) is 4.79 Å². The summed E-state index contributed by atoms with van der Waals surface area (Å²) in [6, 6.07) is -0.984. The molecule has 1 rings (SSSR count). The van der Waals surface area contributed by atoms with Crippen molar-refractivity contribution in [3.05, 3.63) is 12.2 Å². The second kappa shape index (κ2) is 30.8. The number of carboxylic acid groups (broad SMARTS) is 1. The molecule has 51 heavy (non-hydrogen) atoms. The summed E-state index contributed by atoms with van der Waals surface area (Å²) in [5.74, 6) is -2.18. The molecule has 1 aliphatic rings. The Labute approximate surface area is 308 Å². The Morgan fingerprint density at radius 2 is 1.10 bits per heavy atom. The van der Waals surface area contributed by atoms with Crippen LogP contribution in [0, 0.1) is 0 Å². The number of ether oxygens (including phenoxy) is 2. The van der Waals surface area contributed by atoms with Gasteiger partial charge in [0, 0.05) is 0 Å². The zero-order chi connectivity index (χ0) is 37.7. The second-order valence-corrected chi connectivity index (χ2v) is 14.6. The van der Waals surface area contributed by atoms with Gasteiger partial charge >= 0.3 is 5.97 Å². The average molecular weight is 730 g/mol. The smallest absolute Gasteiger partial charge is 0.335 e. The molecule has 0 radical (unpaired) electrons. The Morgan fingerprint density at radius 3 is 1.63 bits per heavy atom. The van der Waals surface area contributed by atoms with Gasteiger partial charge in [0.25, 0.3) is 0 Å². The van der Waals surface area contributed by atoms with Crippen LogP contribution in [0.2, 0.25) is 0 Å². The number of aliphatic hydroxyl groups excluding tert-OH is 5. The van der Waals surface area contributed by atoms with Gasteiger partial charge in [0.1, 0.15) is 24.4 Å². The van der Waals surface area contributed by atoms with Crippen LogP contribution < -0.4 is 5.32 Å². The molecule has 0 aromatic heterocycles. The first kappa shape index (κ1) is 47.4. The maximum atomic E-state index is 13.0. The van der Waals surface area contributed by atoms with E-state index in [1.807, 2.05) is 0 Å². The lowest BCUT2D eigenvalue weighted by atomic mass is 9.99. The van der Waals surface area contributed by atoms with Gasteiger partial charge in [-0.05, 0) is 38.5 Å². The van der Waals surface area contributed by atoms with E-state index >= 15 is 0 Å². The molecule has 1 amide bonds. The van der Waals surface area contributed by atoms with Crippen molar-refractivity contribution >= 4 is 11.9 Å². The summed E-state index contributed by atoms with van der Waals surface area (Å²) in [5, 5.41) is 64.2. The molecule has 1 aliphatic heterocycles. The molecule has 11 heteroatoms. The Kier molecular flexibility index (Phi) is 28.7. The quantitative estimate of drug-likeness (QED) is 0.0292. The van der Waals surface area contributed by atoms with Gasteiger partial charge in [-0.2, -0.15) is 0 Å². The first-order valence-corrected chi connectivity index (χ1v) is 20.5. The summed E-state index contributed by atoms with van der Waals surface area (Å²) in [7, 11) is 0. The van der Waals surface area contributed by atoms with Crippen LogP contribution in [0.15, 0.2) is 12.2 Å². The van der Waals surface area contributed by atoms with E-state index in [-0.39, 0.29) is 13.0 Å². The predicted molar refractivity (Wildman–Crippen MR) is 200 cm³/mol. The largest absolute Gasteiger partial charge is 0.479 e. The van der Waals surface area contributed by atoms with Crippen molar-refractivity contribution in [3.8, 4) is 0 Å². The first-order valence-electron chi connectivity index (χ1n) is 20.5. The van der Waals surface area contributed by atoms with Crippen molar-refractivity contribution in [2.24, 2.45) is 0 Å². The number of aliphatic carboxylic acids is 1. The Hall–Kier alpha value is -1.60. The number of carbonyl (C=O) groups excluding carboxylic acids is 1. The molecular formula is C40H75NO10. The molecule has 0 aliphatic carbocycles. The molecule has 1 heterocycles. The molecule has 7 N–H and O–H groups in total. The third kappa shape index (κ3) is 22.3. The Morgan fingerprint density at radius 1 is 0.647 bits per heavy atom. The van der Waals surface area contributed by atoms with Crippen LogP contribution >= 0.6 is 0 Å². The van der Waals surface area contributed by atoms with Gasteiger partial charge in [0.05, 0.1) is 18.8 Å². The number of carboxylic acids is 1. The van der Waals surface area contributed by atoms with Gasteiger partial charge in [0.2, 0.25) is 5.91 Å². The maximum absolute atomic E-state index is 13.0. The number of hydrogen-bond donors (Lipinski definition) is 7. The third-order valence-corrected chi connectivity index (χ3v) is 9.94. The molecule has 0 spiro atoms. The molecule has 2 unspecified atom stereocenters. The zero-order valence-corrected chi connectivity index (χ0v) is 32.0.